The lowest BCUT2D eigenvalue weighted by molar-refractivity contribution is -0.118. The molecule has 3 nitrogen and oxygen atoms in total. The Bertz CT molecular complexity index is 802. The van der Waals surface area contributed by atoms with Crippen molar-refractivity contribution in [2.75, 3.05) is 5.32 Å². The lowest BCUT2D eigenvalue weighted by Crippen LogP contribution is -2.18. The van der Waals surface area contributed by atoms with E-state index >= 15 is 0 Å². The summed E-state index contributed by atoms with van der Waals surface area (Å²) in [6.07, 6.45) is 0.703. The third-order valence-electron chi connectivity index (χ3n) is 4.58. The predicted octanol–water partition coefficient (Wildman–Crippen LogP) is 5.46. The Morgan fingerprint density at radius 3 is 2.20 bits per heavy atom. The van der Waals surface area contributed by atoms with E-state index in [2.05, 4.69) is 38.2 Å². The Morgan fingerprint density at radius 1 is 1.12 bits per heavy atom. The number of hydrogen-bond donors (Lipinski definition) is 2. The smallest absolute Gasteiger partial charge is 0.227 e. The number of aromatic hydroxyl groups is 1. The van der Waals surface area contributed by atoms with Gasteiger partial charge in [0.2, 0.25) is 5.91 Å². The lowest BCUT2D eigenvalue weighted by atomic mass is 9.92. The summed E-state index contributed by atoms with van der Waals surface area (Å²) in [5.41, 5.74) is 7.15. The normalized spacial score (nSPS) is 11.0. The molecule has 0 aliphatic carbocycles. The number of benzene rings is 2. The molecule has 134 valence electrons. The summed E-state index contributed by atoms with van der Waals surface area (Å²) in [4.78, 5) is 12.0. The average Bonchev–Trinajstić information content (AvgIpc) is 2.52. The van der Waals surface area contributed by atoms with Gasteiger partial charge in [-0.1, -0.05) is 43.1 Å². The molecule has 0 fully saturated rings. The zero-order valence-corrected chi connectivity index (χ0v) is 16.5. The van der Waals surface area contributed by atoms with E-state index in [9.17, 15) is 9.90 Å². The minimum absolute atomic E-state index is 0.0748. The quantitative estimate of drug-likeness (QED) is 0.711. The molecule has 0 heterocycles. The number of carbonyl (C=O) groups excluding carboxylic acids is 1. The number of nitrogens with one attached hydrogen (secondary N) is 1. The van der Waals surface area contributed by atoms with Crippen LogP contribution < -0.4 is 5.32 Å². The molecule has 0 aliphatic rings. The molecular weight excluding hydrogens is 334 g/mol. The maximum atomic E-state index is 12.0. The van der Waals surface area contributed by atoms with Crippen LogP contribution in [-0.4, -0.2) is 11.0 Å². The molecule has 2 aromatic rings. The van der Waals surface area contributed by atoms with Crippen molar-refractivity contribution in [2.45, 2.75) is 48.0 Å². The van der Waals surface area contributed by atoms with Crippen LogP contribution in [-0.2, 0) is 11.2 Å². The molecule has 2 rings (SSSR count). The molecule has 0 aliphatic heterocycles. The molecule has 0 aromatic heterocycles. The van der Waals surface area contributed by atoms with Crippen LogP contribution in [0.3, 0.4) is 0 Å². The Hall–Kier alpha value is -2.00. The Morgan fingerprint density at radius 2 is 1.68 bits per heavy atom. The molecular formula is C21H26ClNO2. The average molecular weight is 360 g/mol. The number of phenols is 1. The summed E-state index contributed by atoms with van der Waals surface area (Å²) in [6, 6.07) is 6.16. The third-order valence-corrected chi connectivity index (χ3v) is 5.04. The van der Waals surface area contributed by atoms with Crippen molar-refractivity contribution < 1.29 is 9.90 Å². The first-order valence-electron chi connectivity index (χ1n) is 8.50. The Kier molecular flexibility index (Phi) is 5.79. The number of carbonyl (C=O) groups is 1. The van der Waals surface area contributed by atoms with Crippen LogP contribution in [0.25, 0.3) is 0 Å². The fourth-order valence-corrected chi connectivity index (χ4v) is 3.25. The molecule has 4 heteroatoms. The van der Waals surface area contributed by atoms with Gasteiger partial charge in [0.05, 0.1) is 10.7 Å². The summed E-state index contributed by atoms with van der Waals surface area (Å²) in [5, 5.41) is 13.4. The van der Waals surface area contributed by atoms with E-state index < -0.39 is 0 Å². The first-order valence-corrected chi connectivity index (χ1v) is 8.88. The number of halogens is 1. The molecule has 2 aromatic carbocycles. The highest BCUT2D eigenvalue weighted by Crippen LogP contribution is 2.38. The second kappa shape index (κ2) is 7.49. The maximum Gasteiger partial charge on any atom is 0.227 e. The molecule has 0 saturated carbocycles. The van der Waals surface area contributed by atoms with Crippen molar-refractivity contribution in [1.29, 1.82) is 0 Å². The number of aryl methyl sites for hydroxylation is 3. The molecule has 2 N–H and O–H groups in total. The highest BCUT2D eigenvalue weighted by atomic mass is 35.5. The summed E-state index contributed by atoms with van der Waals surface area (Å²) in [7, 11) is 0. The number of phenolic OH excluding ortho intramolecular Hbond substituents is 1. The Balaban J connectivity index is 2.48. The largest absolute Gasteiger partial charge is 0.504 e. The zero-order valence-electron chi connectivity index (χ0n) is 15.7. The van der Waals surface area contributed by atoms with Crippen molar-refractivity contribution >= 4 is 23.2 Å². The summed E-state index contributed by atoms with van der Waals surface area (Å²) < 4.78 is 0. The number of hydrogen-bond acceptors (Lipinski definition) is 2. The molecule has 0 bridgehead atoms. The van der Waals surface area contributed by atoms with Gasteiger partial charge in [0, 0.05) is 5.92 Å². The van der Waals surface area contributed by atoms with Gasteiger partial charge in [-0.05, 0) is 68.0 Å². The highest BCUT2D eigenvalue weighted by Gasteiger charge is 2.18. The van der Waals surface area contributed by atoms with Gasteiger partial charge in [-0.25, -0.2) is 0 Å². The summed E-state index contributed by atoms with van der Waals surface area (Å²) in [6.45, 7) is 11.8. The molecule has 1 amide bonds. The van der Waals surface area contributed by atoms with Gasteiger partial charge < -0.3 is 10.4 Å². The minimum atomic E-state index is -0.176. The van der Waals surface area contributed by atoms with Gasteiger partial charge in [-0.3, -0.25) is 4.79 Å². The van der Waals surface area contributed by atoms with Crippen LogP contribution in [0.4, 0.5) is 5.69 Å². The van der Waals surface area contributed by atoms with E-state index in [1.165, 1.54) is 22.3 Å². The van der Waals surface area contributed by atoms with E-state index in [0.717, 1.165) is 11.1 Å². The fraction of sp³-hybridized carbons (Fsp3) is 0.381. The van der Waals surface area contributed by atoms with Gasteiger partial charge in [0.15, 0.2) is 5.75 Å². The van der Waals surface area contributed by atoms with Crippen molar-refractivity contribution in [3.8, 4) is 5.75 Å². The van der Waals surface area contributed by atoms with Gasteiger partial charge in [0.1, 0.15) is 0 Å². The zero-order chi connectivity index (χ0) is 18.9. The minimum Gasteiger partial charge on any atom is -0.504 e. The van der Waals surface area contributed by atoms with E-state index in [1.54, 1.807) is 0 Å². The highest BCUT2D eigenvalue weighted by molar-refractivity contribution is 6.33. The maximum absolute atomic E-state index is 12.0. The van der Waals surface area contributed by atoms with Crippen molar-refractivity contribution in [2.24, 2.45) is 5.92 Å². The second-order valence-electron chi connectivity index (χ2n) is 7.07. The van der Waals surface area contributed by atoms with Crippen LogP contribution in [0, 0.1) is 33.6 Å². The fourth-order valence-electron chi connectivity index (χ4n) is 3.02. The monoisotopic (exact) mass is 359 g/mol. The number of amides is 1. The topological polar surface area (TPSA) is 49.3 Å². The molecule has 25 heavy (non-hydrogen) atoms. The van der Waals surface area contributed by atoms with Gasteiger partial charge in [-0.15, -0.1) is 0 Å². The molecule has 0 radical (unpaired) electrons. The van der Waals surface area contributed by atoms with Crippen molar-refractivity contribution in [3.05, 3.63) is 56.6 Å². The Labute approximate surface area is 155 Å². The van der Waals surface area contributed by atoms with E-state index in [0.29, 0.717) is 17.1 Å². The van der Waals surface area contributed by atoms with E-state index in [1.807, 2.05) is 26.8 Å². The van der Waals surface area contributed by atoms with Crippen LogP contribution in [0.1, 0.15) is 47.2 Å². The first-order chi connectivity index (χ1) is 11.6. The van der Waals surface area contributed by atoms with Crippen LogP contribution >= 0.6 is 11.6 Å². The van der Waals surface area contributed by atoms with Gasteiger partial charge in [-0.2, -0.15) is 0 Å². The van der Waals surface area contributed by atoms with E-state index in [-0.39, 0.29) is 17.6 Å². The van der Waals surface area contributed by atoms with Crippen LogP contribution in [0.5, 0.6) is 5.75 Å². The van der Waals surface area contributed by atoms with Crippen LogP contribution in [0.2, 0.25) is 5.02 Å². The first kappa shape index (κ1) is 19.3. The SMILES string of the molecule is Cc1cc(C)c(Cc2cc(NC(=O)C(C)C)c(O)c(Cl)c2C)c(C)c1. The van der Waals surface area contributed by atoms with Gasteiger partial charge in [0.25, 0.3) is 0 Å². The lowest BCUT2D eigenvalue weighted by Gasteiger charge is -2.17. The standard InChI is InChI=1S/C21H26ClNO2/c1-11(2)21(25)23-18-10-16(15(6)19(22)20(18)24)9-17-13(4)7-12(3)8-14(17)5/h7-8,10-11,24H,9H2,1-6H3,(H,23,25). The number of anilines is 1. The van der Waals surface area contributed by atoms with Crippen LogP contribution in [0.15, 0.2) is 18.2 Å². The van der Waals surface area contributed by atoms with Gasteiger partial charge >= 0.3 is 0 Å². The summed E-state index contributed by atoms with van der Waals surface area (Å²) >= 11 is 6.32. The van der Waals surface area contributed by atoms with Crippen molar-refractivity contribution in [1.82, 2.24) is 0 Å². The summed E-state index contributed by atoms with van der Waals surface area (Å²) in [5.74, 6) is -0.400. The molecule has 0 saturated heterocycles. The predicted molar refractivity (Wildman–Crippen MR) is 105 cm³/mol. The molecule has 0 atom stereocenters. The number of rotatable bonds is 4. The van der Waals surface area contributed by atoms with Crippen molar-refractivity contribution in [3.63, 3.8) is 0 Å². The second-order valence-corrected chi connectivity index (χ2v) is 7.45. The third kappa shape index (κ3) is 4.16. The van der Waals surface area contributed by atoms with E-state index in [4.69, 9.17) is 11.6 Å². The molecule has 0 spiro atoms. The molecule has 0 unspecified atom stereocenters.